The summed E-state index contributed by atoms with van der Waals surface area (Å²) in [6.07, 6.45) is 4.76. The highest BCUT2D eigenvalue weighted by atomic mass is 32.2. The van der Waals surface area contributed by atoms with E-state index in [-0.39, 0.29) is 11.5 Å². The number of halogens is 1. The number of aryl methyl sites for hydroxylation is 2. The van der Waals surface area contributed by atoms with Crippen LogP contribution in [0.5, 0.6) is 0 Å². The molecule has 0 spiro atoms. The molecule has 1 aromatic heterocycles. The van der Waals surface area contributed by atoms with Crippen LogP contribution in [-0.2, 0) is 13.5 Å². The van der Waals surface area contributed by atoms with Crippen LogP contribution in [0.1, 0.15) is 5.56 Å². The molecule has 0 saturated heterocycles. The van der Waals surface area contributed by atoms with Crippen molar-refractivity contribution in [3.05, 3.63) is 42.0 Å². The molecule has 17 heavy (non-hydrogen) atoms. The Morgan fingerprint density at radius 1 is 1.47 bits per heavy atom. The average Bonchev–Trinajstić information content (AvgIpc) is 2.70. The van der Waals surface area contributed by atoms with E-state index >= 15 is 0 Å². The lowest BCUT2D eigenvalue weighted by Crippen LogP contribution is -1.91. The van der Waals surface area contributed by atoms with Gasteiger partial charge in [-0.25, -0.2) is 4.39 Å². The van der Waals surface area contributed by atoms with E-state index in [2.05, 4.69) is 5.10 Å². The molecule has 5 heteroatoms. The average molecular weight is 251 g/mol. The lowest BCUT2D eigenvalue weighted by molar-refractivity contribution is 0.629. The number of nitrogen functional groups attached to an aromatic ring is 1. The first-order valence-electron chi connectivity index (χ1n) is 5.30. The summed E-state index contributed by atoms with van der Waals surface area (Å²) in [4.78, 5) is 0.903. The van der Waals surface area contributed by atoms with Crippen molar-refractivity contribution in [1.29, 1.82) is 0 Å². The summed E-state index contributed by atoms with van der Waals surface area (Å²) in [5.74, 6) is 0.547. The van der Waals surface area contributed by atoms with Gasteiger partial charge in [-0.3, -0.25) is 4.68 Å². The van der Waals surface area contributed by atoms with Crippen molar-refractivity contribution in [2.45, 2.75) is 11.3 Å². The van der Waals surface area contributed by atoms with Crippen LogP contribution < -0.4 is 5.73 Å². The number of hydrogen-bond acceptors (Lipinski definition) is 3. The van der Waals surface area contributed by atoms with Crippen LogP contribution in [0.2, 0.25) is 0 Å². The van der Waals surface area contributed by atoms with Gasteiger partial charge in [0, 0.05) is 23.9 Å². The molecule has 0 aliphatic heterocycles. The predicted molar refractivity (Wildman–Crippen MR) is 68.4 cm³/mol. The van der Waals surface area contributed by atoms with Gasteiger partial charge < -0.3 is 5.73 Å². The molecule has 0 aliphatic carbocycles. The highest BCUT2D eigenvalue weighted by molar-refractivity contribution is 7.99. The molecule has 0 bridgehead atoms. The van der Waals surface area contributed by atoms with Crippen LogP contribution in [0.25, 0.3) is 0 Å². The SMILES string of the molecule is Cn1cc(CCSc2ccc(N)c(F)c2)cn1. The van der Waals surface area contributed by atoms with Crippen molar-refractivity contribution in [2.75, 3.05) is 11.5 Å². The molecule has 90 valence electrons. The first kappa shape index (κ1) is 12.0. The molecular formula is C12H14FN3S. The maximum Gasteiger partial charge on any atom is 0.147 e. The van der Waals surface area contributed by atoms with Crippen molar-refractivity contribution in [1.82, 2.24) is 9.78 Å². The van der Waals surface area contributed by atoms with E-state index in [1.807, 2.05) is 25.5 Å². The molecule has 1 aromatic carbocycles. The second-order valence-electron chi connectivity index (χ2n) is 3.80. The van der Waals surface area contributed by atoms with Gasteiger partial charge in [0.05, 0.1) is 11.9 Å². The minimum Gasteiger partial charge on any atom is -0.396 e. The molecule has 0 atom stereocenters. The summed E-state index contributed by atoms with van der Waals surface area (Å²) >= 11 is 1.61. The van der Waals surface area contributed by atoms with Gasteiger partial charge in [-0.15, -0.1) is 11.8 Å². The van der Waals surface area contributed by atoms with Crippen molar-refractivity contribution >= 4 is 17.4 Å². The van der Waals surface area contributed by atoms with E-state index in [0.717, 1.165) is 17.1 Å². The standard InChI is InChI=1S/C12H14FN3S/c1-16-8-9(7-15-16)4-5-17-10-2-3-12(14)11(13)6-10/h2-3,6-8H,4-5,14H2,1H3. The Morgan fingerprint density at radius 2 is 2.29 bits per heavy atom. The minimum absolute atomic E-state index is 0.196. The number of hydrogen-bond donors (Lipinski definition) is 1. The second kappa shape index (κ2) is 5.23. The van der Waals surface area contributed by atoms with E-state index in [1.165, 1.54) is 11.6 Å². The van der Waals surface area contributed by atoms with E-state index in [4.69, 9.17) is 5.73 Å². The van der Waals surface area contributed by atoms with Crippen LogP contribution in [-0.4, -0.2) is 15.5 Å². The molecule has 0 fully saturated rings. The van der Waals surface area contributed by atoms with Gasteiger partial charge in [-0.05, 0) is 30.2 Å². The minimum atomic E-state index is -0.351. The number of anilines is 1. The maximum atomic E-state index is 13.2. The molecule has 0 aliphatic rings. The molecule has 1 heterocycles. The molecular weight excluding hydrogens is 237 g/mol. The predicted octanol–water partition coefficient (Wildman–Crippen LogP) is 2.48. The highest BCUT2D eigenvalue weighted by Gasteiger charge is 2.01. The van der Waals surface area contributed by atoms with Crippen LogP contribution in [0, 0.1) is 5.82 Å². The van der Waals surface area contributed by atoms with Gasteiger partial charge in [0.2, 0.25) is 0 Å². The Labute approximate surface area is 104 Å². The molecule has 2 rings (SSSR count). The van der Waals surface area contributed by atoms with Gasteiger partial charge >= 0.3 is 0 Å². The Morgan fingerprint density at radius 3 is 2.94 bits per heavy atom. The summed E-state index contributed by atoms with van der Waals surface area (Å²) < 4.78 is 15.0. The summed E-state index contributed by atoms with van der Waals surface area (Å²) in [5, 5.41) is 4.10. The van der Waals surface area contributed by atoms with E-state index in [0.29, 0.717) is 0 Å². The molecule has 0 saturated carbocycles. The maximum absolute atomic E-state index is 13.2. The zero-order chi connectivity index (χ0) is 12.3. The lowest BCUT2D eigenvalue weighted by Gasteiger charge is -2.02. The summed E-state index contributed by atoms with van der Waals surface area (Å²) in [6, 6.07) is 4.91. The molecule has 0 amide bonds. The number of nitrogens with two attached hydrogens (primary N) is 1. The fraction of sp³-hybridized carbons (Fsp3) is 0.250. The smallest absolute Gasteiger partial charge is 0.147 e. The normalized spacial score (nSPS) is 10.7. The number of nitrogens with zero attached hydrogens (tertiary/aromatic N) is 2. The number of benzene rings is 1. The van der Waals surface area contributed by atoms with Gasteiger partial charge in [-0.2, -0.15) is 5.10 Å². The first-order valence-corrected chi connectivity index (χ1v) is 6.29. The molecule has 0 radical (unpaired) electrons. The largest absolute Gasteiger partial charge is 0.396 e. The van der Waals surface area contributed by atoms with Crippen molar-refractivity contribution in [3.8, 4) is 0 Å². The van der Waals surface area contributed by atoms with Crippen LogP contribution >= 0.6 is 11.8 Å². The van der Waals surface area contributed by atoms with Crippen molar-refractivity contribution in [3.63, 3.8) is 0 Å². The Hall–Kier alpha value is -1.49. The fourth-order valence-electron chi connectivity index (χ4n) is 1.49. The van der Waals surface area contributed by atoms with Crippen molar-refractivity contribution < 1.29 is 4.39 Å². The summed E-state index contributed by atoms with van der Waals surface area (Å²) in [6.45, 7) is 0. The summed E-state index contributed by atoms with van der Waals surface area (Å²) in [7, 11) is 1.89. The number of thioether (sulfide) groups is 1. The Kier molecular flexibility index (Phi) is 3.68. The molecule has 2 N–H and O–H groups in total. The van der Waals surface area contributed by atoms with E-state index in [1.54, 1.807) is 22.5 Å². The monoisotopic (exact) mass is 251 g/mol. The first-order chi connectivity index (χ1) is 8.15. The topological polar surface area (TPSA) is 43.8 Å². The zero-order valence-electron chi connectivity index (χ0n) is 9.56. The van der Waals surface area contributed by atoms with Gasteiger partial charge in [0.15, 0.2) is 0 Å². The van der Waals surface area contributed by atoms with Gasteiger partial charge in [0.25, 0.3) is 0 Å². The van der Waals surface area contributed by atoms with Gasteiger partial charge in [0.1, 0.15) is 5.82 Å². The van der Waals surface area contributed by atoms with Crippen LogP contribution in [0.3, 0.4) is 0 Å². The van der Waals surface area contributed by atoms with Crippen molar-refractivity contribution in [2.24, 2.45) is 7.05 Å². The lowest BCUT2D eigenvalue weighted by atomic mass is 10.3. The third-order valence-corrected chi connectivity index (χ3v) is 3.39. The fourth-order valence-corrected chi connectivity index (χ4v) is 2.41. The third kappa shape index (κ3) is 3.23. The highest BCUT2D eigenvalue weighted by Crippen LogP contribution is 2.22. The Balaban J connectivity index is 1.87. The molecule has 2 aromatic rings. The summed E-state index contributed by atoms with van der Waals surface area (Å²) in [5.41, 5.74) is 6.80. The third-order valence-electron chi connectivity index (χ3n) is 2.39. The number of aromatic nitrogens is 2. The Bertz CT molecular complexity index is 510. The number of rotatable bonds is 4. The second-order valence-corrected chi connectivity index (χ2v) is 4.97. The zero-order valence-corrected chi connectivity index (χ0v) is 10.4. The molecule has 3 nitrogen and oxygen atoms in total. The van der Waals surface area contributed by atoms with E-state index < -0.39 is 0 Å². The quantitative estimate of drug-likeness (QED) is 0.670. The van der Waals surface area contributed by atoms with Crippen LogP contribution in [0.15, 0.2) is 35.5 Å². The molecule has 0 unspecified atom stereocenters. The van der Waals surface area contributed by atoms with Gasteiger partial charge in [-0.1, -0.05) is 0 Å². The van der Waals surface area contributed by atoms with E-state index in [9.17, 15) is 4.39 Å². The van der Waals surface area contributed by atoms with Crippen LogP contribution in [0.4, 0.5) is 10.1 Å².